The molecule has 3 heterocycles. The summed E-state index contributed by atoms with van der Waals surface area (Å²) < 4.78 is 2.08. The predicted octanol–water partition coefficient (Wildman–Crippen LogP) is 4.86. The van der Waals surface area contributed by atoms with Gasteiger partial charge in [-0.3, -0.25) is 9.59 Å². The minimum Gasteiger partial charge on any atom is -0.355 e. The Morgan fingerprint density at radius 1 is 1.03 bits per heavy atom. The van der Waals surface area contributed by atoms with Crippen LogP contribution in [-0.2, 0) is 11.8 Å². The Morgan fingerprint density at radius 2 is 1.81 bits per heavy atom. The van der Waals surface area contributed by atoms with Crippen LogP contribution in [-0.4, -0.2) is 58.9 Å². The quantitative estimate of drug-likeness (QED) is 0.485. The van der Waals surface area contributed by atoms with E-state index < -0.39 is 5.92 Å². The van der Waals surface area contributed by atoms with Gasteiger partial charge in [0.15, 0.2) is 0 Å². The molecular formula is C30H38N4O2. The number of likely N-dealkylation sites (tertiary alicyclic amines) is 1. The van der Waals surface area contributed by atoms with Crippen LogP contribution in [0.5, 0.6) is 0 Å². The molecule has 0 radical (unpaired) electrons. The molecule has 1 fully saturated rings. The molecule has 190 valence electrons. The summed E-state index contributed by atoms with van der Waals surface area (Å²) in [5.41, 5.74) is 3.55. The summed E-state index contributed by atoms with van der Waals surface area (Å²) in [5.74, 6) is -0.512. The number of amides is 2. The Balaban J connectivity index is 1.41. The summed E-state index contributed by atoms with van der Waals surface area (Å²) in [7, 11) is 3.84. The van der Waals surface area contributed by atoms with Gasteiger partial charge in [0.2, 0.25) is 5.91 Å². The molecule has 1 aromatic heterocycles. The van der Waals surface area contributed by atoms with Crippen LogP contribution in [0.3, 0.4) is 0 Å². The summed E-state index contributed by atoms with van der Waals surface area (Å²) in [6.07, 6.45) is 8.09. The van der Waals surface area contributed by atoms with Crippen LogP contribution in [0.15, 0.2) is 54.7 Å². The Hall–Kier alpha value is -3.12. The van der Waals surface area contributed by atoms with Gasteiger partial charge < -0.3 is 19.7 Å². The molecule has 3 unspecified atom stereocenters. The predicted molar refractivity (Wildman–Crippen MR) is 144 cm³/mol. The van der Waals surface area contributed by atoms with E-state index in [-0.39, 0.29) is 17.9 Å². The molecule has 36 heavy (non-hydrogen) atoms. The highest BCUT2D eigenvalue weighted by molar-refractivity contribution is 6.02. The van der Waals surface area contributed by atoms with Crippen molar-refractivity contribution in [1.29, 1.82) is 0 Å². The van der Waals surface area contributed by atoms with Crippen LogP contribution in [0.1, 0.15) is 72.5 Å². The van der Waals surface area contributed by atoms with Gasteiger partial charge in [-0.15, -0.1) is 0 Å². The number of hydrogen-bond donors (Lipinski definition) is 1. The van der Waals surface area contributed by atoms with Crippen molar-refractivity contribution in [2.45, 2.75) is 57.0 Å². The molecule has 0 bridgehead atoms. The number of benzene rings is 2. The first-order valence-electron chi connectivity index (χ1n) is 13.4. The third-order valence-corrected chi connectivity index (χ3v) is 8.25. The lowest BCUT2D eigenvalue weighted by Crippen LogP contribution is -2.46. The van der Waals surface area contributed by atoms with E-state index in [0.717, 1.165) is 35.0 Å². The summed E-state index contributed by atoms with van der Waals surface area (Å²) in [5, 5.41) is 4.33. The topological polar surface area (TPSA) is 57.6 Å². The number of nitrogens with zero attached hydrogens (tertiary/aromatic N) is 3. The van der Waals surface area contributed by atoms with Gasteiger partial charge in [-0.1, -0.05) is 49.7 Å². The van der Waals surface area contributed by atoms with Crippen LogP contribution >= 0.6 is 0 Å². The Kier molecular flexibility index (Phi) is 7.15. The number of rotatable bonds is 7. The second-order valence-electron chi connectivity index (χ2n) is 10.4. The second kappa shape index (κ2) is 10.5. The number of likely N-dealkylation sites (N-methyl/N-ethyl adjacent to an activating group) is 1. The molecule has 5 rings (SSSR count). The van der Waals surface area contributed by atoms with Gasteiger partial charge in [0.05, 0.1) is 12.0 Å². The van der Waals surface area contributed by atoms with E-state index in [9.17, 15) is 9.59 Å². The van der Waals surface area contributed by atoms with E-state index in [4.69, 9.17) is 0 Å². The molecule has 2 aliphatic rings. The van der Waals surface area contributed by atoms with Crippen molar-refractivity contribution < 1.29 is 9.59 Å². The molecular weight excluding hydrogens is 448 g/mol. The maximum absolute atomic E-state index is 13.8. The zero-order chi connectivity index (χ0) is 25.2. The van der Waals surface area contributed by atoms with Crippen molar-refractivity contribution in [3.63, 3.8) is 0 Å². The van der Waals surface area contributed by atoms with Crippen molar-refractivity contribution in [3.05, 3.63) is 71.4 Å². The van der Waals surface area contributed by atoms with E-state index in [1.807, 2.05) is 50.5 Å². The SMILES string of the molecule is CCC1CCCCN1CCCNC(=O)C1c2ccccc2C(=O)N(C)C1c1cn(C)c2ccccc12. The highest BCUT2D eigenvalue weighted by atomic mass is 16.2. The number of para-hydroxylation sites is 1. The average molecular weight is 487 g/mol. The molecule has 0 aliphatic carbocycles. The Bertz CT molecular complexity index is 1250. The summed E-state index contributed by atoms with van der Waals surface area (Å²) in [6, 6.07) is 16.1. The fraction of sp³-hybridized carbons (Fsp3) is 0.467. The number of aryl methyl sites for hydroxylation is 1. The Labute approximate surface area is 214 Å². The van der Waals surface area contributed by atoms with Crippen molar-refractivity contribution in [2.75, 3.05) is 26.7 Å². The van der Waals surface area contributed by atoms with E-state index in [1.165, 1.54) is 32.2 Å². The van der Waals surface area contributed by atoms with Crippen LogP contribution in [0.25, 0.3) is 10.9 Å². The number of carbonyl (C=O) groups is 2. The summed E-state index contributed by atoms with van der Waals surface area (Å²) >= 11 is 0. The van der Waals surface area contributed by atoms with Crippen LogP contribution < -0.4 is 5.32 Å². The van der Waals surface area contributed by atoms with Crippen molar-refractivity contribution in [3.8, 4) is 0 Å². The van der Waals surface area contributed by atoms with Gasteiger partial charge in [0.25, 0.3) is 5.91 Å². The average Bonchev–Trinajstić information content (AvgIpc) is 3.24. The molecule has 1 saturated heterocycles. The fourth-order valence-electron chi connectivity index (χ4n) is 6.37. The number of piperidine rings is 1. The minimum absolute atomic E-state index is 0.00887. The van der Waals surface area contributed by atoms with Crippen LogP contribution in [0, 0.1) is 0 Å². The zero-order valence-electron chi connectivity index (χ0n) is 21.7. The molecule has 0 spiro atoms. The van der Waals surface area contributed by atoms with Gasteiger partial charge in [-0.2, -0.15) is 0 Å². The molecule has 3 atom stereocenters. The fourth-order valence-corrected chi connectivity index (χ4v) is 6.37. The van der Waals surface area contributed by atoms with E-state index in [1.54, 1.807) is 4.90 Å². The third-order valence-electron chi connectivity index (χ3n) is 8.25. The second-order valence-corrected chi connectivity index (χ2v) is 10.4. The maximum atomic E-state index is 13.8. The largest absolute Gasteiger partial charge is 0.355 e. The van der Waals surface area contributed by atoms with Gasteiger partial charge in [-0.25, -0.2) is 0 Å². The molecule has 3 aromatic rings. The number of nitrogens with one attached hydrogen (secondary N) is 1. The Morgan fingerprint density at radius 3 is 2.64 bits per heavy atom. The number of hydrogen-bond acceptors (Lipinski definition) is 3. The molecule has 6 heteroatoms. The first-order chi connectivity index (χ1) is 17.5. The van der Waals surface area contributed by atoms with E-state index >= 15 is 0 Å². The highest BCUT2D eigenvalue weighted by Crippen LogP contribution is 2.44. The lowest BCUT2D eigenvalue weighted by molar-refractivity contribution is -0.124. The molecule has 2 amide bonds. The molecule has 2 aromatic carbocycles. The number of fused-ring (bicyclic) bond motifs is 2. The summed E-state index contributed by atoms with van der Waals surface area (Å²) in [6.45, 7) is 5.10. The van der Waals surface area contributed by atoms with Gasteiger partial charge in [-0.05, 0) is 49.9 Å². The standard InChI is InChI=1S/C30H38N4O2/c1-4-21-12-9-10-18-34(21)19-11-17-31-29(35)27-23-14-5-6-15-24(23)30(36)33(3)28(27)25-20-32(2)26-16-8-7-13-22(25)26/h5-8,13-16,20-21,27-28H,4,9-12,17-19H2,1-3H3,(H,31,35). The molecule has 6 nitrogen and oxygen atoms in total. The normalized spacial score (nSPS) is 22.6. The minimum atomic E-state index is -0.465. The molecule has 0 saturated carbocycles. The first-order valence-corrected chi connectivity index (χ1v) is 13.4. The first kappa shape index (κ1) is 24.6. The number of aromatic nitrogens is 1. The highest BCUT2D eigenvalue weighted by Gasteiger charge is 2.43. The smallest absolute Gasteiger partial charge is 0.254 e. The van der Waals surface area contributed by atoms with E-state index in [0.29, 0.717) is 18.2 Å². The summed E-state index contributed by atoms with van der Waals surface area (Å²) in [4.78, 5) is 31.6. The van der Waals surface area contributed by atoms with Gasteiger partial charge in [0, 0.05) is 61.5 Å². The molecule has 2 aliphatic heterocycles. The number of carbonyl (C=O) groups excluding carboxylic acids is 2. The monoisotopic (exact) mass is 486 g/mol. The maximum Gasteiger partial charge on any atom is 0.254 e. The zero-order valence-corrected chi connectivity index (χ0v) is 21.7. The van der Waals surface area contributed by atoms with Gasteiger partial charge in [0.1, 0.15) is 0 Å². The van der Waals surface area contributed by atoms with Crippen LogP contribution in [0.2, 0.25) is 0 Å². The lowest BCUT2D eigenvalue weighted by Gasteiger charge is -2.39. The molecule has 1 N–H and O–H groups in total. The van der Waals surface area contributed by atoms with Crippen molar-refractivity contribution in [1.82, 2.24) is 19.7 Å². The third kappa shape index (κ3) is 4.43. The van der Waals surface area contributed by atoms with Crippen LogP contribution in [0.4, 0.5) is 0 Å². The van der Waals surface area contributed by atoms with E-state index in [2.05, 4.69) is 40.0 Å². The van der Waals surface area contributed by atoms with Crippen molar-refractivity contribution >= 4 is 22.7 Å². The lowest BCUT2D eigenvalue weighted by atomic mass is 9.79. The van der Waals surface area contributed by atoms with Gasteiger partial charge >= 0.3 is 0 Å². The van der Waals surface area contributed by atoms with Crippen molar-refractivity contribution in [2.24, 2.45) is 7.05 Å².